The summed E-state index contributed by atoms with van der Waals surface area (Å²) in [6, 6.07) is 0. The summed E-state index contributed by atoms with van der Waals surface area (Å²) < 4.78 is 0. The molecule has 2 fully saturated rings. The molecule has 0 aromatic rings. The average molecular weight is 164 g/mol. The summed E-state index contributed by atoms with van der Waals surface area (Å²) in [5.41, 5.74) is 2.56. The van der Waals surface area contributed by atoms with Crippen molar-refractivity contribution >= 4 is 0 Å². The predicted molar refractivity (Wildman–Crippen MR) is 53.0 cm³/mol. The second-order valence-electron chi connectivity index (χ2n) is 5.63. The molecule has 0 heteroatoms. The van der Waals surface area contributed by atoms with E-state index in [4.69, 9.17) is 0 Å². The van der Waals surface area contributed by atoms with Gasteiger partial charge in [-0.15, -0.1) is 0 Å². The van der Waals surface area contributed by atoms with Crippen molar-refractivity contribution in [3.63, 3.8) is 0 Å². The third-order valence-corrected chi connectivity index (χ3v) is 4.38. The molecule has 68 valence electrons. The van der Waals surface area contributed by atoms with Gasteiger partial charge in [0.25, 0.3) is 0 Å². The maximum atomic E-state index is 4.26. The third kappa shape index (κ3) is 0.841. The summed E-state index contributed by atoms with van der Waals surface area (Å²) in [5, 5.41) is 0. The Bertz CT molecular complexity index is 224. The molecule has 12 heavy (non-hydrogen) atoms. The molecule has 0 N–H and O–H groups in total. The average Bonchev–Trinajstić information content (AvgIpc) is 2.37. The van der Waals surface area contributed by atoms with Crippen LogP contribution in [-0.4, -0.2) is 0 Å². The molecule has 0 nitrogen and oxygen atoms in total. The molecule has 0 saturated heterocycles. The maximum Gasteiger partial charge on any atom is -0.00854 e. The first-order valence-electron chi connectivity index (χ1n) is 5.15. The van der Waals surface area contributed by atoms with Gasteiger partial charge in [0.1, 0.15) is 0 Å². The highest BCUT2D eigenvalue weighted by molar-refractivity contribution is 5.23. The molecule has 2 saturated carbocycles. The van der Waals surface area contributed by atoms with E-state index in [0.717, 1.165) is 5.92 Å². The molecule has 0 spiro atoms. The summed E-state index contributed by atoms with van der Waals surface area (Å²) in [7, 11) is 0. The SMILES string of the molecule is C=C1CC(C)(C)[C@H]2CCC[C@]12C. The van der Waals surface area contributed by atoms with Gasteiger partial charge in [-0.1, -0.05) is 39.3 Å². The number of allylic oxidation sites excluding steroid dienone is 1. The lowest BCUT2D eigenvalue weighted by Crippen LogP contribution is -2.24. The van der Waals surface area contributed by atoms with Crippen LogP contribution in [0.25, 0.3) is 0 Å². The minimum Gasteiger partial charge on any atom is -0.0993 e. The Morgan fingerprint density at radius 3 is 2.58 bits per heavy atom. The van der Waals surface area contributed by atoms with Crippen LogP contribution in [-0.2, 0) is 0 Å². The van der Waals surface area contributed by atoms with Crippen LogP contribution >= 0.6 is 0 Å². The van der Waals surface area contributed by atoms with E-state index < -0.39 is 0 Å². The Kier molecular flexibility index (Phi) is 1.50. The fourth-order valence-corrected chi connectivity index (χ4v) is 3.72. The molecule has 0 unspecified atom stereocenters. The lowest BCUT2D eigenvalue weighted by atomic mass is 9.73. The first-order chi connectivity index (χ1) is 5.47. The zero-order valence-electron chi connectivity index (χ0n) is 8.61. The first-order valence-corrected chi connectivity index (χ1v) is 5.15. The minimum absolute atomic E-state index is 0.503. The molecule has 0 amide bonds. The smallest absolute Gasteiger partial charge is 0.00854 e. The highest BCUT2D eigenvalue weighted by Crippen LogP contribution is 2.63. The molecule has 2 aliphatic rings. The van der Waals surface area contributed by atoms with Crippen molar-refractivity contribution in [2.75, 3.05) is 0 Å². The van der Waals surface area contributed by atoms with E-state index in [0.29, 0.717) is 10.8 Å². The van der Waals surface area contributed by atoms with Crippen LogP contribution in [0.2, 0.25) is 0 Å². The van der Waals surface area contributed by atoms with E-state index in [2.05, 4.69) is 27.4 Å². The van der Waals surface area contributed by atoms with Gasteiger partial charge < -0.3 is 0 Å². The highest BCUT2D eigenvalue weighted by Gasteiger charge is 2.53. The zero-order chi connectivity index (χ0) is 8.98. The van der Waals surface area contributed by atoms with Crippen LogP contribution in [0.15, 0.2) is 12.2 Å². The van der Waals surface area contributed by atoms with Crippen LogP contribution < -0.4 is 0 Å². The summed E-state index contributed by atoms with van der Waals surface area (Å²) in [6.45, 7) is 11.5. The van der Waals surface area contributed by atoms with Gasteiger partial charge in [0.2, 0.25) is 0 Å². The highest BCUT2D eigenvalue weighted by atomic mass is 14.6. The first kappa shape index (κ1) is 8.34. The molecule has 2 aliphatic carbocycles. The van der Waals surface area contributed by atoms with Crippen LogP contribution in [0.1, 0.15) is 46.5 Å². The van der Waals surface area contributed by atoms with Crippen molar-refractivity contribution in [3.8, 4) is 0 Å². The monoisotopic (exact) mass is 164 g/mol. The van der Waals surface area contributed by atoms with E-state index in [9.17, 15) is 0 Å². The fourth-order valence-electron chi connectivity index (χ4n) is 3.72. The number of hydrogen-bond donors (Lipinski definition) is 0. The van der Waals surface area contributed by atoms with Gasteiger partial charge in [-0.2, -0.15) is 0 Å². The second-order valence-corrected chi connectivity index (χ2v) is 5.63. The lowest BCUT2D eigenvalue weighted by Gasteiger charge is -2.31. The molecular formula is C12H20. The molecule has 2 atom stereocenters. The van der Waals surface area contributed by atoms with Gasteiger partial charge in [0.05, 0.1) is 0 Å². The van der Waals surface area contributed by atoms with Crippen molar-refractivity contribution in [2.45, 2.75) is 46.5 Å². The van der Waals surface area contributed by atoms with Gasteiger partial charge in [0.15, 0.2) is 0 Å². The maximum absolute atomic E-state index is 4.26. The van der Waals surface area contributed by atoms with E-state index in [1.54, 1.807) is 0 Å². The molecule has 0 heterocycles. The van der Waals surface area contributed by atoms with Crippen LogP contribution in [0.5, 0.6) is 0 Å². The Balaban J connectivity index is 2.39. The van der Waals surface area contributed by atoms with Crippen molar-refractivity contribution < 1.29 is 0 Å². The zero-order valence-corrected chi connectivity index (χ0v) is 8.61. The predicted octanol–water partition coefficient (Wildman–Crippen LogP) is 3.78. The molecule has 0 aromatic carbocycles. The molecule has 0 bridgehead atoms. The molecule has 0 radical (unpaired) electrons. The number of fused-ring (bicyclic) bond motifs is 1. The van der Waals surface area contributed by atoms with Crippen molar-refractivity contribution in [3.05, 3.63) is 12.2 Å². The molecule has 2 rings (SSSR count). The number of hydrogen-bond acceptors (Lipinski definition) is 0. The fraction of sp³-hybridized carbons (Fsp3) is 0.833. The Morgan fingerprint density at radius 1 is 1.33 bits per heavy atom. The summed E-state index contributed by atoms with van der Waals surface area (Å²) in [4.78, 5) is 0. The van der Waals surface area contributed by atoms with Crippen LogP contribution in [0, 0.1) is 16.7 Å². The van der Waals surface area contributed by atoms with E-state index in [-0.39, 0.29) is 0 Å². The van der Waals surface area contributed by atoms with E-state index in [1.165, 1.54) is 31.3 Å². The van der Waals surface area contributed by atoms with Gasteiger partial charge in [-0.25, -0.2) is 0 Å². The van der Waals surface area contributed by atoms with Gasteiger partial charge in [-0.3, -0.25) is 0 Å². The molecule has 0 aromatic heterocycles. The second kappa shape index (κ2) is 2.16. The molecule has 0 aliphatic heterocycles. The van der Waals surface area contributed by atoms with Gasteiger partial charge in [-0.05, 0) is 36.0 Å². The minimum atomic E-state index is 0.503. The standard InChI is InChI=1S/C12H20/c1-9-8-11(2,3)10-6-5-7-12(9,10)4/h10H,1,5-8H2,2-4H3/t10-,12-/m1/s1. The van der Waals surface area contributed by atoms with Crippen molar-refractivity contribution in [2.24, 2.45) is 16.7 Å². The largest absolute Gasteiger partial charge is 0.0993 e. The Morgan fingerprint density at radius 2 is 2.00 bits per heavy atom. The van der Waals surface area contributed by atoms with Crippen LogP contribution in [0.4, 0.5) is 0 Å². The normalized spacial score (nSPS) is 44.9. The lowest BCUT2D eigenvalue weighted by molar-refractivity contribution is 0.187. The van der Waals surface area contributed by atoms with E-state index >= 15 is 0 Å². The number of rotatable bonds is 0. The van der Waals surface area contributed by atoms with Crippen molar-refractivity contribution in [1.29, 1.82) is 0 Å². The molecular weight excluding hydrogens is 144 g/mol. The Hall–Kier alpha value is -0.260. The summed E-state index contributed by atoms with van der Waals surface area (Å²) in [6.07, 6.45) is 5.50. The third-order valence-electron chi connectivity index (χ3n) is 4.38. The summed E-state index contributed by atoms with van der Waals surface area (Å²) >= 11 is 0. The summed E-state index contributed by atoms with van der Waals surface area (Å²) in [5.74, 6) is 0.914. The van der Waals surface area contributed by atoms with E-state index in [1.807, 2.05) is 0 Å². The topological polar surface area (TPSA) is 0 Å². The quantitative estimate of drug-likeness (QED) is 0.478. The van der Waals surface area contributed by atoms with Gasteiger partial charge in [0, 0.05) is 0 Å². The van der Waals surface area contributed by atoms with Crippen LogP contribution in [0.3, 0.4) is 0 Å². The van der Waals surface area contributed by atoms with Crippen molar-refractivity contribution in [1.82, 2.24) is 0 Å². The Labute approximate surface area is 76.1 Å². The van der Waals surface area contributed by atoms with Gasteiger partial charge >= 0.3 is 0 Å².